The summed E-state index contributed by atoms with van der Waals surface area (Å²) in [5.74, 6) is 1.97. The van der Waals surface area contributed by atoms with Gasteiger partial charge in [-0.05, 0) is 60.6 Å². The van der Waals surface area contributed by atoms with E-state index in [0.717, 1.165) is 31.2 Å². The van der Waals surface area contributed by atoms with Gasteiger partial charge in [0.15, 0.2) is 11.5 Å². The van der Waals surface area contributed by atoms with Crippen molar-refractivity contribution >= 4 is 0 Å². The Labute approximate surface area is 179 Å². The predicted octanol–water partition coefficient (Wildman–Crippen LogP) is 5.83. The summed E-state index contributed by atoms with van der Waals surface area (Å²) in [6.45, 7) is 2.23. The zero-order valence-corrected chi connectivity index (χ0v) is 18.4. The predicted molar refractivity (Wildman–Crippen MR) is 121 cm³/mol. The SMILES string of the molecule is CCC(CCCc1ccccc1)(c1cccnc1)c1cc(OC)c(OC)c(OC)c1. The Balaban J connectivity index is 2.05. The fourth-order valence-corrected chi connectivity index (χ4v) is 4.28. The summed E-state index contributed by atoms with van der Waals surface area (Å²) in [5, 5.41) is 0. The molecule has 2 aromatic carbocycles. The smallest absolute Gasteiger partial charge is 0.203 e. The Morgan fingerprint density at radius 2 is 1.53 bits per heavy atom. The molecule has 4 nitrogen and oxygen atoms in total. The van der Waals surface area contributed by atoms with Gasteiger partial charge in [0.25, 0.3) is 0 Å². The lowest BCUT2D eigenvalue weighted by molar-refractivity contribution is 0.321. The second-order valence-corrected chi connectivity index (χ2v) is 7.43. The fourth-order valence-electron chi connectivity index (χ4n) is 4.28. The van der Waals surface area contributed by atoms with Crippen molar-refractivity contribution in [3.05, 3.63) is 83.7 Å². The molecule has 0 N–H and O–H groups in total. The molecule has 0 saturated carbocycles. The summed E-state index contributed by atoms with van der Waals surface area (Å²) < 4.78 is 16.8. The first kappa shape index (κ1) is 21.7. The highest BCUT2D eigenvalue weighted by atomic mass is 16.5. The van der Waals surface area contributed by atoms with Gasteiger partial charge < -0.3 is 14.2 Å². The molecule has 0 aliphatic carbocycles. The number of rotatable bonds is 10. The second-order valence-electron chi connectivity index (χ2n) is 7.43. The summed E-state index contributed by atoms with van der Waals surface area (Å²) >= 11 is 0. The third-order valence-corrected chi connectivity index (χ3v) is 5.95. The van der Waals surface area contributed by atoms with Crippen LogP contribution in [0.3, 0.4) is 0 Å². The van der Waals surface area contributed by atoms with Crippen molar-refractivity contribution in [2.75, 3.05) is 21.3 Å². The van der Waals surface area contributed by atoms with E-state index in [0.29, 0.717) is 17.2 Å². The zero-order valence-electron chi connectivity index (χ0n) is 18.4. The first-order valence-corrected chi connectivity index (χ1v) is 10.4. The lowest BCUT2D eigenvalue weighted by Gasteiger charge is -2.35. The van der Waals surface area contributed by atoms with E-state index in [9.17, 15) is 0 Å². The van der Waals surface area contributed by atoms with Crippen LogP contribution in [0.2, 0.25) is 0 Å². The molecule has 3 rings (SSSR count). The third kappa shape index (κ3) is 4.43. The zero-order chi connectivity index (χ0) is 21.4. The second kappa shape index (κ2) is 10.1. The minimum absolute atomic E-state index is 0.199. The van der Waals surface area contributed by atoms with E-state index < -0.39 is 0 Å². The average Bonchev–Trinajstić information content (AvgIpc) is 2.82. The Bertz CT molecular complexity index is 903. The van der Waals surface area contributed by atoms with Gasteiger partial charge in [0, 0.05) is 17.8 Å². The number of aryl methyl sites for hydroxylation is 1. The molecule has 3 aromatic rings. The Morgan fingerprint density at radius 3 is 2.07 bits per heavy atom. The van der Waals surface area contributed by atoms with E-state index in [2.05, 4.69) is 60.4 Å². The quantitative estimate of drug-likeness (QED) is 0.426. The van der Waals surface area contributed by atoms with Crippen molar-refractivity contribution in [1.82, 2.24) is 4.98 Å². The standard InChI is InChI=1S/C26H31NO3/c1-5-26(21-14-10-16-27-19-21,15-9-13-20-11-7-6-8-12-20)22-17-23(28-2)25(30-4)24(18-22)29-3/h6-8,10-12,14,16-19H,5,9,13,15H2,1-4H3. The number of benzene rings is 2. The van der Waals surface area contributed by atoms with E-state index in [1.54, 1.807) is 21.3 Å². The number of hydrogen-bond acceptors (Lipinski definition) is 4. The van der Waals surface area contributed by atoms with Gasteiger partial charge in [-0.1, -0.05) is 43.3 Å². The molecular weight excluding hydrogens is 374 g/mol. The minimum Gasteiger partial charge on any atom is -0.493 e. The van der Waals surface area contributed by atoms with E-state index >= 15 is 0 Å². The van der Waals surface area contributed by atoms with Crippen molar-refractivity contribution in [2.45, 2.75) is 38.0 Å². The van der Waals surface area contributed by atoms with Gasteiger partial charge in [-0.25, -0.2) is 0 Å². The molecule has 1 unspecified atom stereocenters. The molecule has 4 heteroatoms. The summed E-state index contributed by atoms with van der Waals surface area (Å²) in [7, 11) is 4.95. The van der Waals surface area contributed by atoms with Crippen LogP contribution >= 0.6 is 0 Å². The minimum atomic E-state index is -0.199. The highest BCUT2D eigenvalue weighted by Gasteiger charge is 2.34. The molecule has 0 radical (unpaired) electrons. The van der Waals surface area contributed by atoms with Crippen LogP contribution in [0.5, 0.6) is 17.2 Å². The molecule has 0 amide bonds. The van der Waals surface area contributed by atoms with Crippen LogP contribution < -0.4 is 14.2 Å². The summed E-state index contributed by atoms with van der Waals surface area (Å²) in [6, 6.07) is 19.0. The van der Waals surface area contributed by atoms with Crippen molar-refractivity contribution in [2.24, 2.45) is 0 Å². The Morgan fingerprint density at radius 1 is 0.833 bits per heavy atom. The van der Waals surface area contributed by atoms with Gasteiger partial charge in [-0.2, -0.15) is 0 Å². The molecule has 0 saturated heterocycles. The number of nitrogens with zero attached hydrogens (tertiary/aromatic N) is 1. The Kier molecular flexibility index (Phi) is 7.34. The van der Waals surface area contributed by atoms with Gasteiger partial charge in [0.2, 0.25) is 5.75 Å². The van der Waals surface area contributed by atoms with E-state index in [1.807, 2.05) is 18.5 Å². The number of pyridine rings is 1. The normalized spacial score (nSPS) is 12.8. The summed E-state index contributed by atoms with van der Waals surface area (Å²) in [5.41, 5.74) is 3.52. The van der Waals surface area contributed by atoms with Crippen LogP contribution in [-0.4, -0.2) is 26.3 Å². The molecule has 30 heavy (non-hydrogen) atoms. The maximum atomic E-state index is 5.65. The van der Waals surface area contributed by atoms with Gasteiger partial charge >= 0.3 is 0 Å². The molecule has 0 fully saturated rings. The first-order chi connectivity index (χ1) is 14.7. The maximum absolute atomic E-state index is 5.65. The molecule has 1 heterocycles. The molecule has 0 bridgehead atoms. The number of methoxy groups -OCH3 is 3. The molecule has 1 aromatic heterocycles. The topological polar surface area (TPSA) is 40.6 Å². The van der Waals surface area contributed by atoms with Crippen molar-refractivity contribution in [1.29, 1.82) is 0 Å². The van der Waals surface area contributed by atoms with Crippen LogP contribution in [0.15, 0.2) is 67.0 Å². The maximum Gasteiger partial charge on any atom is 0.203 e. The average molecular weight is 406 g/mol. The number of ether oxygens (including phenoxy) is 3. The van der Waals surface area contributed by atoms with Crippen LogP contribution in [0.25, 0.3) is 0 Å². The number of aromatic nitrogens is 1. The lowest BCUT2D eigenvalue weighted by atomic mass is 9.69. The van der Waals surface area contributed by atoms with Gasteiger partial charge in [0.05, 0.1) is 21.3 Å². The van der Waals surface area contributed by atoms with Crippen molar-refractivity contribution < 1.29 is 14.2 Å². The highest BCUT2D eigenvalue weighted by Crippen LogP contribution is 2.46. The van der Waals surface area contributed by atoms with Gasteiger partial charge in [-0.3, -0.25) is 4.98 Å². The third-order valence-electron chi connectivity index (χ3n) is 5.95. The van der Waals surface area contributed by atoms with E-state index in [4.69, 9.17) is 14.2 Å². The fraction of sp³-hybridized carbons (Fsp3) is 0.346. The number of hydrogen-bond donors (Lipinski definition) is 0. The Hall–Kier alpha value is -3.01. The van der Waals surface area contributed by atoms with Crippen LogP contribution in [0.1, 0.15) is 42.9 Å². The molecule has 0 aliphatic heterocycles. The molecular formula is C26H31NO3. The van der Waals surface area contributed by atoms with Crippen molar-refractivity contribution in [3.8, 4) is 17.2 Å². The monoisotopic (exact) mass is 405 g/mol. The van der Waals surface area contributed by atoms with Gasteiger partial charge in [-0.15, -0.1) is 0 Å². The van der Waals surface area contributed by atoms with Crippen LogP contribution in [0, 0.1) is 0 Å². The van der Waals surface area contributed by atoms with E-state index in [1.165, 1.54) is 11.1 Å². The molecule has 0 aliphatic rings. The summed E-state index contributed by atoms with van der Waals surface area (Å²) in [4.78, 5) is 4.42. The molecule has 1 atom stereocenters. The summed E-state index contributed by atoms with van der Waals surface area (Å²) in [6.07, 6.45) is 7.82. The first-order valence-electron chi connectivity index (χ1n) is 10.4. The van der Waals surface area contributed by atoms with Gasteiger partial charge in [0.1, 0.15) is 0 Å². The van der Waals surface area contributed by atoms with Crippen LogP contribution in [-0.2, 0) is 11.8 Å². The molecule has 0 spiro atoms. The van der Waals surface area contributed by atoms with E-state index in [-0.39, 0.29) is 5.41 Å². The highest BCUT2D eigenvalue weighted by molar-refractivity contribution is 5.57. The van der Waals surface area contributed by atoms with Crippen LogP contribution in [0.4, 0.5) is 0 Å². The largest absolute Gasteiger partial charge is 0.493 e. The lowest BCUT2D eigenvalue weighted by Crippen LogP contribution is -2.27. The molecule has 158 valence electrons. The van der Waals surface area contributed by atoms with Crippen molar-refractivity contribution in [3.63, 3.8) is 0 Å².